The number of benzene rings is 1. The van der Waals surface area contributed by atoms with Crippen LogP contribution in [0.15, 0.2) is 24.5 Å². The van der Waals surface area contributed by atoms with Crippen molar-refractivity contribution in [2.75, 3.05) is 12.3 Å². The van der Waals surface area contributed by atoms with Crippen LogP contribution in [0.5, 0.6) is 5.88 Å². The fraction of sp³-hybridized carbons (Fsp3) is 0.273. The van der Waals surface area contributed by atoms with E-state index in [1.165, 1.54) is 6.33 Å². The van der Waals surface area contributed by atoms with Gasteiger partial charge in [0.15, 0.2) is 0 Å². The Hall–Kier alpha value is -2.05. The second kappa shape index (κ2) is 4.67. The minimum absolute atomic E-state index is 0.129. The number of ether oxygens (including phenoxy) is 1. The van der Waals surface area contributed by atoms with Gasteiger partial charge in [0.05, 0.1) is 23.9 Å². The molecule has 1 aromatic carbocycles. The molecule has 0 spiro atoms. The summed E-state index contributed by atoms with van der Waals surface area (Å²) >= 11 is 0. The third kappa shape index (κ3) is 2.99. The van der Waals surface area contributed by atoms with Crippen LogP contribution in [0.3, 0.4) is 0 Å². The molecule has 4 nitrogen and oxygen atoms in total. The van der Waals surface area contributed by atoms with Crippen molar-refractivity contribution in [2.24, 2.45) is 0 Å². The Balaban J connectivity index is 2.18. The lowest BCUT2D eigenvalue weighted by molar-refractivity contribution is -0.139. The molecule has 0 saturated heterocycles. The second-order valence-corrected chi connectivity index (χ2v) is 3.67. The standard InChI is InChI=1S/C11H10F3N3O/c12-11(13,14)3-4-18-10-8-2-1-7(15)5-9(8)16-6-17-10/h1-2,5-6H,3-4,15H2. The van der Waals surface area contributed by atoms with E-state index >= 15 is 0 Å². The summed E-state index contributed by atoms with van der Waals surface area (Å²) in [6, 6.07) is 4.84. The van der Waals surface area contributed by atoms with Gasteiger partial charge in [-0.1, -0.05) is 0 Å². The zero-order valence-corrected chi connectivity index (χ0v) is 9.24. The van der Waals surface area contributed by atoms with E-state index in [4.69, 9.17) is 10.5 Å². The third-order valence-electron chi connectivity index (χ3n) is 2.25. The highest BCUT2D eigenvalue weighted by Crippen LogP contribution is 2.24. The molecule has 0 saturated carbocycles. The van der Waals surface area contributed by atoms with E-state index in [9.17, 15) is 13.2 Å². The molecule has 7 heteroatoms. The van der Waals surface area contributed by atoms with Crippen molar-refractivity contribution in [1.82, 2.24) is 9.97 Å². The number of halogens is 3. The van der Waals surface area contributed by atoms with Crippen LogP contribution in [0.4, 0.5) is 18.9 Å². The first kappa shape index (κ1) is 12.4. The smallest absolute Gasteiger partial charge is 0.392 e. The number of nitrogen functional groups attached to an aromatic ring is 1. The minimum atomic E-state index is -4.24. The Morgan fingerprint density at radius 1 is 1.22 bits per heavy atom. The van der Waals surface area contributed by atoms with Crippen LogP contribution in [0, 0.1) is 0 Å². The Morgan fingerprint density at radius 3 is 2.72 bits per heavy atom. The van der Waals surface area contributed by atoms with E-state index in [0.29, 0.717) is 16.6 Å². The van der Waals surface area contributed by atoms with Gasteiger partial charge < -0.3 is 10.5 Å². The molecule has 0 atom stereocenters. The number of aromatic nitrogens is 2. The lowest BCUT2D eigenvalue weighted by Crippen LogP contribution is -2.13. The van der Waals surface area contributed by atoms with Gasteiger partial charge in [-0.15, -0.1) is 0 Å². The van der Waals surface area contributed by atoms with Crippen LogP contribution < -0.4 is 10.5 Å². The molecule has 2 rings (SSSR count). The van der Waals surface area contributed by atoms with Gasteiger partial charge in [-0.05, 0) is 18.2 Å². The molecule has 0 radical (unpaired) electrons. The monoisotopic (exact) mass is 257 g/mol. The largest absolute Gasteiger partial charge is 0.477 e. The first-order chi connectivity index (χ1) is 8.46. The maximum atomic E-state index is 12.0. The Morgan fingerprint density at radius 2 is 2.00 bits per heavy atom. The zero-order chi connectivity index (χ0) is 13.2. The summed E-state index contributed by atoms with van der Waals surface area (Å²) in [5.41, 5.74) is 6.63. The number of alkyl halides is 3. The van der Waals surface area contributed by atoms with E-state index < -0.39 is 19.2 Å². The fourth-order valence-corrected chi connectivity index (χ4v) is 1.43. The number of hydrogen-bond donors (Lipinski definition) is 1. The summed E-state index contributed by atoms with van der Waals surface area (Å²) < 4.78 is 41.0. The van der Waals surface area contributed by atoms with E-state index in [1.54, 1.807) is 18.2 Å². The van der Waals surface area contributed by atoms with E-state index in [0.717, 1.165) is 0 Å². The van der Waals surface area contributed by atoms with Gasteiger partial charge in [0.1, 0.15) is 6.33 Å². The molecular weight excluding hydrogens is 247 g/mol. The highest BCUT2D eigenvalue weighted by molar-refractivity contribution is 5.85. The quantitative estimate of drug-likeness (QED) is 0.858. The van der Waals surface area contributed by atoms with Crippen molar-refractivity contribution in [2.45, 2.75) is 12.6 Å². The van der Waals surface area contributed by atoms with Gasteiger partial charge >= 0.3 is 6.18 Å². The molecule has 0 aliphatic rings. The highest BCUT2D eigenvalue weighted by Gasteiger charge is 2.27. The van der Waals surface area contributed by atoms with Crippen LogP contribution in [-0.2, 0) is 0 Å². The summed E-state index contributed by atoms with van der Waals surface area (Å²) in [7, 11) is 0. The summed E-state index contributed by atoms with van der Waals surface area (Å²) in [6.45, 7) is -0.472. The maximum Gasteiger partial charge on any atom is 0.392 e. The molecule has 0 fully saturated rings. The molecule has 0 aliphatic heterocycles. The number of nitrogens with two attached hydrogens (primary N) is 1. The van der Waals surface area contributed by atoms with Crippen LogP contribution >= 0.6 is 0 Å². The van der Waals surface area contributed by atoms with Gasteiger partial charge in [-0.2, -0.15) is 13.2 Å². The van der Waals surface area contributed by atoms with Gasteiger partial charge in [0, 0.05) is 5.69 Å². The summed E-state index contributed by atoms with van der Waals surface area (Å²) in [5.74, 6) is 0.129. The van der Waals surface area contributed by atoms with Crippen molar-refractivity contribution >= 4 is 16.6 Å². The molecule has 18 heavy (non-hydrogen) atoms. The summed E-state index contributed by atoms with van der Waals surface area (Å²) in [5, 5.41) is 0.536. The van der Waals surface area contributed by atoms with Gasteiger partial charge in [-0.25, -0.2) is 9.97 Å². The average Bonchev–Trinajstić information content (AvgIpc) is 2.27. The van der Waals surface area contributed by atoms with Crippen LogP contribution in [0.25, 0.3) is 10.9 Å². The van der Waals surface area contributed by atoms with Crippen molar-refractivity contribution in [1.29, 1.82) is 0 Å². The first-order valence-corrected chi connectivity index (χ1v) is 5.15. The van der Waals surface area contributed by atoms with Crippen LogP contribution in [-0.4, -0.2) is 22.8 Å². The summed E-state index contributed by atoms with van der Waals surface area (Å²) in [6.07, 6.45) is -4.04. The number of nitrogens with zero attached hydrogens (tertiary/aromatic N) is 2. The molecule has 0 unspecified atom stereocenters. The summed E-state index contributed by atoms with van der Waals surface area (Å²) in [4.78, 5) is 7.78. The zero-order valence-electron chi connectivity index (χ0n) is 9.24. The van der Waals surface area contributed by atoms with E-state index in [1.807, 2.05) is 0 Å². The van der Waals surface area contributed by atoms with Gasteiger partial charge in [-0.3, -0.25) is 0 Å². The number of hydrogen-bond acceptors (Lipinski definition) is 4. The topological polar surface area (TPSA) is 61.0 Å². The van der Waals surface area contributed by atoms with Gasteiger partial charge in [0.25, 0.3) is 0 Å². The van der Waals surface area contributed by atoms with Crippen molar-refractivity contribution in [3.8, 4) is 5.88 Å². The molecule has 2 aromatic rings. The van der Waals surface area contributed by atoms with E-state index in [2.05, 4.69) is 9.97 Å². The normalized spacial score (nSPS) is 11.7. The molecular formula is C11H10F3N3O. The maximum absolute atomic E-state index is 12.0. The second-order valence-electron chi connectivity index (χ2n) is 3.67. The molecule has 2 N–H and O–H groups in total. The highest BCUT2D eigenvalue weighted by atomic mass is 19.4. The van der Waals surface area contributed by atoms with Gasteiger partial charge in [0.2, 0.25) is 5.88 Å². The Labute approximate surface area is 101 Å². The lowest BCUT2D eigenvalue weighted by atomic mass is 10.2. The molecule has 0 amide bonds. The molecule has 96 valence electrons. The van der Waals surface area contributed by atoms with Crippen molar-refractivity contribution in [3.63, 3.8) is 0 Å². The number of rotatable bonds is 3. The first-order valence-electron chi connectivity index (χ1n) is 5.15. The predicted octanol–water partition coefficient (Wildman–Crippen LogP) is 2.54. The third-order valence-corrected chi connectivity index (χ3v) is 2.25. The molecule has 0 bridgehead atoms. The molecule has 0 aliphatic carbocycles. The minimum Gasteiger partial charge on any atom is -0.477 e. The Bertz CT molecular complexity index is 557. The Kier molecular flexibility index (Phi) is 3.22. The SMILES string of the molecule is Nc1ccc2c(OCCC(F)(F)F)ncnc2c1. The van der Waals surface area contributed by atoms with Crippen molar-refractivity contribution < 1.29 is 17.9 Å². The van der Waals surface area contributed by atoms with Crippen LogP contribution in [0.1, 0.15) is 6.42 Å². The van der Waals surface area contributed by atoms with Crippen LogP contribution in [0.2, 0.25) is 0 Å². The predicted molar refractivity (Wildman–Crippen MR) is 60.1 cm³/mol. The number of anilines is 1. The molecule has 1 aromatic heterocycles. The average molecular weight is 257 g/mol. The lowest BCUT2D eigenvalue weighted by Gasteiger charge is -2.09. The van der Waals surface area contributed by atoms with E-state index in [-0.39, 0.29) is 5.88 Å². The fourth-order valence-electron chi connectivity index (χ4n) is 1.43. The number of fused-ring (bicyclic) bond motifs is 1. The molecule has 1 heterocycles. The van der Waals surface area contributed by atoms with Crippen molar-refractivity contribution in [3.05, 3.63) is 24.5 Å².